The van der Waals surface area contributed by atoms with Gasteiger partial charge in [0.15, 0.2) is 17.2 Å². The van der Waals surface area contributed by atoms with Crippen LogP contribution >= 0.6 is 0 Å². The van der Waals surface area contributed by atoms with E-state index in [9.17, 15) is 14.4 Å². The topological polar surface area (TPSA) is 113 Å². The van der Waals surface area contributed by atoms with Gasteiger partial charge < -0.3 is 24.3 Å². The standard InChI is InChI=1S/C25H30N2O7/c1-14(2)24(29)33-13-32-22-19(31-5)10-11-26-21(22)23(28)27-16(4)25(30)34-20-12-17-8-6-7-9-18(17)15(20)3/h6-11,14-16,20H,12-13H2,1-5H3,(H,27,28)/t15?,16-,20?/m0/s1. The second-order valence-corrected chi connectivity index (χ2v) is 8.43. The fraction of sp³-hybridized carbons (Fsp3) is 0.440. The van der Waals surface area contributed by atoms with Crippen molar-refractivity contribution in [2.24, 2.45) is 5.92 Å². The highest BCUT2D eigenvalue weighted by molar-refractivity contribution is 5.98. The summed E-state index contributed by atoms with van der Waals surface area (Å²) in [7, 11) is 1.41. The maximum absolute atomic E-state index is 12.9. The van der Waals surface area contributed by atoms with Gasteiger partial charge in [-0.2, -0.15) is 0 Å². The molecule has 3 rings (SSSR count). The van der Waals surface area contributed by atoms with Crippen LogP contribution in [0, 0.1) is 5.92 Å². The first-order chi connectivity index (χ1) is 16.2. The lowest BCUT2D eigenvalue weighted by molar-refractivity contribution is -0.154. The summed E-state index contributed by atoms with van der Waals surface area (Å²) in [6.45, 7) is 6.52. The molecule has 182 valence electrons. The van der Waals surface area contributed by atoms with Gasteiger partial charge in [0.05, 0.1) is 13.0 Å². The van der Waals surface area contributed by atoms with E-state index in [-0.39, 0.29) is 35.1 Å². The van der Waals surface area contributed by atoms with Gasteiger partial charge in [0.2, 0.25) is 6.79 Å². The number of aromatic nitrogens is 1. The molecule has 0 radical (unpaired) electrons. The number of nitrogens with zero attached hydrogens (tertiary/aromatic N) is 1. The maximum Gasteiger partial charge on any atom is 0.328 e. The number of hydrogen-bond donors (Lipinski definition) is 1. The molecule has 2 aromatic rings. The molecule has 0 bridgehead atoms. The molecule has 0 saturated heterocycles. The number of benzene rings is 1. The third-order valence-electron chi connectivity index (χ3n) is 5.67. The number of ether oxygens (including phenoxy) is 4. The Balaban J connectivity index is 1.64. The van der Waals surface area contributed by atoms with Crippen LogP contribution in [0.2, 0.25) is 0 Å². The van der Waals surface area contributed by atoms with Crippen molar-refractivity contribution >= 4 is 17.8 Å². The summed E-state index contributed by atoms with van der Waals surface area (Å²) in [5, 5.41) is 2.60. The van der Waals surface area contributed by atoms with Gasteiger partial charge in [0.25, 0.3) is 5.91 Å². The summed E-state index contributed by atoms with van der Waals surface area (Å²) in [6, 6.07) is 8.57. The molecular weight excluding hydrogens is 440 g/mol. The molecule has 1 aromatic heterocycles. The molecule has 1 amide bonds. The van der Waals surface area contributed by atoms with Crippen LogP contribution in [0.5, 0.6) is 11.5 Å². The van der Waals surface area contributed by atoms with Crippen LogP contribution in [0.25, 0.3) is 0 Å². The lowest BCUT2D eigenvalue weighted by atomic mass is 10.0. The predicted octanol–water partition coefficient (Wildman–Crippen LogP) is 3.02. The molecule has 1 aliphatic carbocycles. The predicted molar refractivity (Wildman–Crippen MR) is 123 cm³/mol. The van der Waals surface area contributed by atoms with Gasteiger partial charge in [0.1, 0.15) is 12.1 Å². The van der Waals surface area contributed by atoms with Crippen molar-refractivity contribution in [3.63, 3.8) is 0 Å². The number of rotatable bonds is 9. The van der Waals surface area contributed by atoms with Gasteiger partial charge in [0, 0.05) is 24.6 Å². The minimum absolute atomic E-state index is 0.000474. The molecular formula is C25H30N2O7. The van der Waals surface area contributed by atoms with Crippen molar-refractivity contribution in [1.29, 1.82) is 0 Å². The Kier molecular flexibility index (Phi) is 8.09. The number of hydrogen-bond acceptors (Lipinski definition) is 8. The van der Waals surface area contributed by atoms with Crippen molar-refractivity contribution in [2.45, 2.75) is 52.2 Å². The van der Waals surface area contributed by atoms with Gasteiger partial charge in [-0.3, -0.25) is 9.59 Å². The summed E-state index contributed by atoms with van der Waals surface area (Å²) in [4.78, 5) is 41.4. The Morgan fingerprint density at radius 2 is 1.85 bits per heavy atom. The van der Waals surface area contributed by atoms with Crippen molar-refractivity contribution in [3.05, 3.63) is 53.3 Å². The Hall–Kier alpha value is -3.62. The molecule has 0 spiro atoms. The van der Waals surface area contributed by atoms with E-state index in [1.165, 1.54) is 26.3 Å². The number of fused-ring (bicyclic) bond motifs is 1. The molecule has 1 heterocycles. The summed E-state index contributed by atoms with van der Waals surface area (Å²) in [6.07, 6.45) is 1.71. The minimum Gasteiger partial charge on any atom is -0.493 e. The zero-order chi connectivity index (χ0) is 24.8. The zero-order valence-corrected chi connectivity index (χ0v) is 20.0. The van der Waals surface area contributed by atoms with Crippen molar-refractivity contribution in [3.8, 4) is 11.5 Å². The number of carbonyl (C=O) groups is 3. The highest BCUT2D eigenvalue weighted by Gasteiger charge is 2.33. The molecule has 2 unspecified atom stereocenters. The molecule has 34 heavy (non-hydrogen) atoms. The van der Waals surface area contributed by atoms with E-state index in [1.54, 1.807) is 13.8 Å². The number of methoxy groups -OCH3 is 1. The van der Waals surface area contributed by atoms with Crippen molar-refractivity contribution in [1.82, 2.24) is 10.3 Å². The highest BCUT2D eigenvalue weighted by Crippen LogP contribution is 2.35. The summed E-state index contributed by atoms with van der Waals surface area (Å²) >= 11 is 0. The second kappa shape index (κ2) is 11.0. The summed E-state index contributed by atoms with van der Waals surface area (Å²) < 4.78 is 21.5. The van der Waals surface area contributed by atoms with Gasteiger partial charge in [-0.05, 0) is 18.1 Å². The summed E-state index contributed by atoms with van der Waals surface area (Å²) in [5.74, 6) is -1.69. The normalized spacial score (nSPS) is 17.5. The van der Waals surface area contributed by atoms with Crippen LogP contribution in [0.15, 0.2) is 36.5 Å². The van der Waals surface area contributed by atoms with Crippen LogP contribution in [0.4, 0.5) is 0 Å². The third-order valence-corrected chi connectivity index (χ3v) is 5.67. The Morgan fingerprint density at radius 3 is 2.53 bits per heavy atom. The molecule has 0 saturated carbocycles. The fourth-order valence-electron chi connectivity index (χ4n) is 3.68. The average Bonchev–Trinajstić information content (AvgIpc) is 3.13. The van der Waals surface area contributed by atoms with Crippen LogP contribution in [-0.2, 0) is 25.5 Å². The SMILES string of the molecule is COc1ccnc(C(=O)N[C@@H](C)C(=O)OC2Cc3ccccc3C2C)c1OCOC(=O)C(C)C. The average molecular weight is 471 g/mol. The van der Waals surface area contributed by atoms with Crippen LogP contribution in [-0.4, -0.2) is 48.9 Å². The summed E-state index contributed by atoms with van der Waals surface area (Å²) in [5.41, 5.74) is 2.21. The molecule has 3 atom stereocenters. The molecule has 1 aliphatic rings. The van der Waals surface area contributed by atoms with E-state index in [1.807, 2.05) is 31.2 Å². The highest BCUT2D eigenvalue weighted by atomic mass is 16.7. The van der Waals surface area contributed by atoms with E-state index < -0.39 is 30.7 Å². The molecule has 0 fully saturated rings. The molecule has 9 nitrogen and oxygen atoms in total. The van der Waals surface area contributed by atoms with Crippen LogP contribution < -0.4 is 14.8 Å². The van der Waals surface area contributed by atoms with Crippen molar-refractivity contribution < 1.29 is 33.3 Å². The minimum atomic E-state index is -0.928. The van der Waals surface area contributed by atoms with Crippen molar-refractivity contribution in [2.75, 3.05) is 13.9 Å². The van der Waals surface area contributed by atoms with Gasteiger partial charge >= 0.3 is 11.9 Å². The van der Waals surface area contributed by atoms with Gasteiger partial charge in [-0.1, -0.05) is 45.0 Å². The molecule has 1 aromatic carbocycles. The smallest absolute Gasteiger partial charge is 0.328 e. The number of pyridine rings is 1. The van der Waals surface area contributed by atoms with E-state index in [0.29, 0.717) is 6.42 Å². The van der Waals surface area contributed by atoms with E-state index >= 15 is 0 Å². The van der Waals surface area contributed by atoms with Crippen LogP contribution in [0.1, 0.15) is 55.2 Å². The fourth-order valence-corrected chi connectivity index (χ4v) is 3.68. The lowest BCUT2D eigenvalue weighted by Gasteiger charge is -2.21. The quantitative estimate of drug-likeness (QED) is 0.440. The number of carbonyl (C=O) groups excluding carboxylic acids is 3. The number of amides is 1. The van der Waals surface area contributed by atoms with E-state index in [4.69, 9.17) is 18.9 Å². The van der Waals surface area contributed by atoms with E-state index in [0.717, 1.165) is 11.1 Å². The maximum atomic E-state index is 12.9. The molecule has 9 heteroatoms. The Morgan fingerprint density at radius 1 is 1.12 bits per heavy atom. The third kappa shape index (κ3) is 5.65. The zero-order valence-electron chi connectivity index (χ0n) is 20.0. The number of nitrogens with one attached hydrogen (secondary N) is 1. The Bertz CT molecular complexity index is 1050. The first kappa shape index (κ1) is 25.0. The van der Waals surface area contributed by atoms with Crippen LogP contribution in [0.3, 0.4) is 0 Å². The number of esters is 2. The monoisotopic (exact) mass is 470 g/mol. The molecule has 0 aliphatic heterocycles. The Labute approximate surface area is 198 Å². The largest absolute Gasteiger partial charge is 0.493 e. The first-order valence-electron chi connectivity index (χ1n) is 11.1. The van der Waals surface area contributed by atoms with Gasteiger partial charge in [-0.15, -0.1) is 0 Å². The lowest BCUT2D eigenvalue weighted by Crippen LogP contribution is -2.41. The van der Waals surface area contributed by atoms with Gasteiger partial charge in [-0.25, -0.2) is 9.78 Å². The van der Waals surface area contributed by atoms with E-state index in [2.05, 4.69) is 10.3 Å². The molecule has 1 N–H and O–H groups in total. The second-order valence-electron chi connectivity index (χ2n) is 8.43. The first-order valence-corrected chi connectivity index (χ1v) is 11.1.